The number of rotatable bonds is 10. The van der Waals surface area contributed by atoms with Crippen molar-refractivity contribution < 1.29 is 9.47 Å². The number of methoxy groups -OCH3 is 2. The molecule has 0 bridgehead atoms. The fourth-order valence-corrected chi connectivity index (χ4v) is 2.25. The molecule has 0 spiro atoms. The molecule has 17 heavy (non-hydrogen) atoms. The van der Waals surface area contributed by atoms with Crippen molar-refractivity contribution in [1.29, 1.82) is 0 Å². The van der Waals surface area contributed by atoms with E-state index in [1.165, 1.54) is 12.8 Å². The van der Waals surface area contributed by atoms with Gasteiger partial charge >= 0.3 is 0 Å². The predicted octanol–water partition coefficient (Wildman–Crippen LogP) is 1.10. The minimum Gasteiger partial charge on any atom is -0.383 e. The third kappa shape index (κ3) is 5.34. The van der Waals surface area contributed by atoms with Crippen molar-refractivity contribution in [1.82, 2.24) is 4.90 Å². The van der Waals surface area contributed by atoms with E-state index < -0.39 is 0 Å². The molecule has 1 aliphatic carbocycles. The molecule has 4 nitrogen and oxygen atoms in total. The van der Waals surface area contributed by atoms with Gasteiger partial charge in [0.05, 0.1) is 12.7 Å². The van der Waals surface area contributed by atoms with Crippen molar-refractivity contribution in [2.24, 2.45) is 11.7 Å². The molecule has 0 amide bonds. The van der Waals surface area contributed by atoms with Gasteiger partial charge in [-0.1, -0.05) is 0 Å². The van der Waals surface area contributed by atoms with Crippen molar-refractivity contribution in [3.63, 3.8) is 0 Å². The highest BCUT2D eigenvalue weighted by atomic mass is 16.5. The first-order valence-electron chi connectivity index (χ1n) is 6.68. The minimum absolute atomic E-state index is 0.187. The maximum Gasteiger partial charge on any atom is 0.0705 e. The highest BCUT2D eigenvalue weighted by Gasteiger charge is 2.31. The van der Waals surface area contributed by atoms with E-state index in [9.17, 15) is 0 Å². The van der Waals surface area contributed by atoms with Gasteiger partial charge in [-0.15, -0.1) is 0 Å². The van der Waals surface area contributed by atoms with Gasteiger partial charge in [-0.3, -0.25) is 4.90 Å². The molecular weight excluding hydrogens is 216 g/mol. The normalized spacial score (nSPS) is 19.6. The van der Waals surface area contributed by atoms with Crippen LogP contribution in [-0.4, -0.2) is 57.5 Å². The lowest BCUT2D eigenvalue weighted by Crippen LogP contribution is -2.40. The largest absolute Gasteiger partial charge is 0.383 e. The molecule has 1 rings (SSSR count). The fourth-order valence-electron chi connectivity index (χ4n) is 2.25. The molecule has 4 heteroatoms. The highest BCUT2D eigenvalue weighted by Crippen LogP contribution is 2.35. The van der Waals surface area contributed by atoms with Gasteiger partial charge in [0.15, 0.2) is 0 Å². The fraction of sp³-hybridized carbons (Fsp3) is 1.00. The monoisotopic (exact) mass is 244 g/mol. The van der Waals surface area contributed by atoms with E-state index in [2.05, 4.69) is 11.8 Å². The minimum atomic E-state index is 0.187. The molecular formula is C13H28N2O2. The average Bonchev–Trinajstić information content (AvgIpc) is 3.17. The summed E-state index contributed by atoms with van der Waals surface area (Å²) in [6.45, 7) is 5.80. The SMILES string of the molecule is COCCN(CCC(CN)OC)C(C)C1CC1. The molecule has 0 radical (unpaired) electrons. The molecule has 0 aromatic carbocycles. The van der Waals surface area contributed by atoms with Crippen LogP contribution in [0.5, 0.6) is 0 Å². The Balaban J connectivity index is 2.33. The Labute approximate surface area is 105 Å². The number of ether oxygens (including phenoxy) is 2. The number of hydrogen-bond acceptors (Lipinski definition) is 4. The third-order valence-electron chi connectivity index (χ3n) is 3.80. The van der Waals surface area contributed by atoms with Crippen LogP contribution >= 0.6 is 0 Å². The number of nitrogens with two attached hydrogens (primary N) is 1. The topological polar surface area (TPSA) is 47.7 Å². The molecule has 0 aromatic heterocycles. The lowest BCUT2D eigenvalue weighted by molar-refractivity contribution is 0.0692. The van der Waals surface area contributed by atoms with Crippen molar-refractivity contribution in [2.45, 2.75) is 38.3 Å². The van der Waals surface area contributed by atoms with Gasteiger partial charge in [0.1, 0.15) is 0 Å². The Morgan fingerprint density at radius 3 is 2.47 bits per heavy atom. The smallest absolute Gasteiger partial charge is 0.0705 e. The Morgan fingerprint density at radius 2 is 2.00 bits per heavy atom. The van der Waals surface area contributed by atoms with Gasteiger partial charge in [0, 0.05) is 39.9 Å². The molecule has 1 aliphatic rings. The van der Waals surface area contributed by atoms with Crippen molar-refractivity contribution in [2.75, 3.05) is 40.5 Å². The molecule has 2 atom stereocenters. The zero-order valence-corrected chi connectivity index (χ0v) is 11.5. The summed E-state index contributed by atoms with van der Waals surface area (Å²) in [4.78, 5) is 2.52. The van der Waals surface area contributed by atoms with E-state index in [1.54, 1.807) is 14.2 Å². The first-order valence-corrected chi connectivity index (χ1v) is 6.68. The van der Waals surface area contributed by atoms with Crippen LogP contribution < -0.4 is 5.73 Å². The Kier molecular flexibility index (Phi) is 7.04. The van der Waals surface area contributed by atoms with Crippen LogP contribution in [0.15, 0.2) is 0 Å². The van der Waals surface area contributed by atoms with Crippen LogP contribution in [0.4, 0.5) is 0 Å². The van der Waals surface area contributed by atoms with Crippen molar-refractivity contribution >= 4 is 0 Å². The van der Waals surface area contributed by atoms with E-state index in [0.29, 0.717) is 12.6 Å². The van der Waals surface area contributed by atoms with Gasteiger partial charge in [0.25, 0.3) is 0 Å². The molecule has 2 N–H and O–H groups in total. The lowest BCUT2D eigenvalue weighted by atomic mass is 10.1. The quantitative estimate of drug-likeness (QED) is 0.625. The molecule has 0 aliphatic heterocycles. The lowest BCUT2D eigenvalue weighted by Gasteiger charge is -2.30. The van der Waals surface area contributed by atoms with Gasteiger partial charge in [0.2, 0.25) is 0 Å². The van der Waals surface area contributed by atoms with Crippen LogP contribution in [0.3, 0.4) is 0 Å². The van der Waals surface area contributed by atoms with Crippen LogP contribution in [0.25, 0.3) is 0 Å². The maximum atomic E-state index is 5.65. The summed E-state index contributed by atoms with van der Waals surface area (Å²) in [5, 5.41) is 0. The van der Waals surface area contributed by atoms with E-state index >= 15 is 0 Å². The zero-order valence-electron chi connectivity index (χ0n) is 11.5. The Morgan fingerprint density at radius 1 is 1.29 bits per heavy atom. The third-order valence-corrected chi connectivity index (χ3v) is 3.80. The molecule has 102 valence electrons. The average molecular weight is 244 g/mol. The maximum absolute atomic E-state index is 5.65. The number of nitrogens with zero attached hydrogens (tertiary/aromatic N) is 1. The van der Waals surface area contributed by atoms with E-state index in [1.807, 2.05) is 0 Å². The summed E-state index contributed by atoms with van der Waals surface area (Å²) in [5.74, 6) is 0.894. The van der Waals surface area contributed by atoms with Gasteiger partial charge in [-0.25, -0.2) is 0 Å². The number of hydrogen-bond donors (Lipinski definition) is 1. The molecule has 0 saturated heterocycles. The first kappa shape index (κ1) is 14.9. The second kappa shape index (κ2) is 8.03. The van der Waals surface area contributed by atoms with Gasteiger partial charge in [-0.2, -0.15) is 0 Å². The van der Waals surface area contributed by atoms with Gasteiger partial charge in [-0.05, 0) is 32.1 Å². The Hall–Kier alpha value is -0.160. The van der Waals surface area contributed by atoms with E-state index in [-0.39, 0.29) is 6.10 Å². The molecule has 1 fully saturated rings. The summed E-state index contributed by atoms with van der Waals surface area (Å²) in [5.41, 5.74) is 5.65. The van der Waals surface area contributed by atoms with Crippen molar-refractivity contribution in [3.8, 4) is 0 Å². The van der Waals surface area contributed by atoms with E-state index in [0.717, 1.165) is 32.0 Å². The van der Waals surface area contributed by atoms with Crippen molar-refractivity contribution in [3.05, 3.63) is 0 Å². The summed E-state index contributed by atoms with van der Waals surface area (Å²) in [6.07, 6.45) is 3.96. The summed E-state index contributed by atoms with van der Waals surface area (Å²) < 4.78 is 10.5. The van der Waals surface area contributed by atoms with E-state index in [4.69, 9.17) is 15.2 Å². The highest BCUT2D eigenvalue weighted by molar-refractivity contribution is 4.85. The summed E-state index contributed by atoms with van der Waals surface area (Å²) in [7, 11) is 3.50. The summed E-state index contributed by atoms with van der Waals surface area (Å²) in [6, 6.07) is 0.667. The van der Waals surface area contributed by atoms with Crippen LogP contribution in [0.1, 0.15) is 26.2 Å². The second-order valence-electron chi connectivity index (χ2n) is 4.99. The molecule has 2 unspecified atom stereocenters. The van der Waals surface area contributed by atoms with Crippen LogP contribution in [0, 0.1) is 5.92 Å². The molecule has 1 saturated carbocycles. The first-order chi connectivity index (χ1) is 8.22. The standard InChI is InChI=1S/C13H28N2O2/c1-11(12-4-5-12)15(8-9-16-2)7-6-13(10-14)17-3/h11-13H,4-10,14H2,1-3H3. The van der Waals surface area contributed by atoms with Crippen LogP contribution in [0.2, 0.25) is 0 Å². The predicted molar refractivity (Wildman–Crippen MR) is 70.1 cm³/mol. The molecule has 0 heterocycles. The second-order valence-corrected chi connectivity index (χ2v) is 4.99. The van der Waals surface area contributed by atoms with Crippen LogP contribution in [-0.2, 0) is 9.47 Å². The zero-order chi connectivity index (χ0) is 12.7. The molecule has 0 aromatic rings. The van der Waals surface area contributed by atoms with Gasteiger partial charge < -0.3 is 15.2 Å². The Bertz CT molecular complexity index is 194. The summed E-state index contributed by atoms with van der Waals surface area (Å²) >= 11 is 0.